The number of halogens is 1. The standard InChI is InChI=1S/C20H35ClN6O/c1-6-7-8-27(15-13-19(2,3)25-20(4,5)14-15)18-23-16(21)22-17(24-18)26-9-11-28-12-10-26/h15,25H,6-14H2,1-5H3. The van der Waals surface area contributed by atoms with Crippen LogP contribution in [-0.4, -0.2) is 64.9 Å². The highest BCUT2D eigenvalue weighted by molar-refractivity contribution is 6.28. The number of hydrogen-bond donors (Lipinski definition) is 1. The molecule has 2 aliphatic heterocycles. The topological polar surface area (TPSA) is 66.4 Å². The van der Waals surface area contributed by atoms with Crippen molar-refractivity contribution in [3.05, 3.63) is 5.28 Å². The number of anilines is 2. The number of aromatic nitrogens is 3. The molecule has 1 aromatic rings. The van der Waals surface area contributed by atoms with Crippen molar-refractivity contribution in [2.45, 2.75) is 77.4 Å². The lowest BCUT2D eigenvalue weighted by molar-refractivity contribution is 0.122. The smallest absolute Gasteiger partial charge is 0.231 e. The molecule has 8 heteroatoms. The summed E-state index contributed by atoms with van der Waals surface area (Å²) >= 11 is 6.34. The van der Waals surface area contributed by atoms with Gasteiger partial charge in [0.15, 0.2) is 0 Å². The summed E-state index contributed by atoms with van der Waals surface area (Å²) in [4.78, 5) is 18.3. The van der Waals surface area contributed by atoms with Gasteiger partial charge in [0, 0.05) is 36.8 Å². The highest BCUT2D eigenvalue weighted by Crippen LogP contribution is 2.33. The normalized spacial score (nSPS) is 22.3. The minimum Gasteiger partial charge on any atom is -0.378 e. The summed E-state index contributed by atoms with van der Waals surface area (Å²) in [7, 11) is 0. The molecular formula is C20H35ClN6O. The van der Waals surface area contributed by atoms with E-state index in [2.05, 4.69) is 59.7 Å². The van der Waals surface area contributed by atoms with E-state index in [1.165, 1.54) is 0 Å². The molecule has 1 N–H and O–H groups in total. The monoisotopic (exact) mass is 410 g/mol. The average molecular weight is 411 g/mol. The van der Waals surface area contributed by atoms with Gasteiger partial charge in [-0.3, -0.25) is 0 Å². The zero-order valence-electron chi connectivity index (χ0n) is 18.0. The van der Waals surface area contributed by atoms with E-state index in [-0.39, 0.29) is 16.4 Å². The first-order valence-electron chi connectivity index (χ1n) is 10.5. The molecule has 0 spiro atoms. The van der Waals surface area contributed by atoms with Gasteiger partial charge in [0.2, 0.25) is 17.2 Å². The maximum Gasteiger partial charge on any atom is 0.231 e. The zero-order valence-corrected chi connectivity index (χ0v) is 18.7. The SMILES string of the molecule is CCCCN(c1nc(Cl)nc(N2CCOCC2)n1)C1CC(C)(C)NC(C)(C)C1. The first-order chi connectivity index (χ1) is 13.2. The number of piperidine rings is 1. The number of ether oxygens (including phenoxy) is 1. The minimum absolute atomic E-state index is 0.0563. The molecule has 28 heavy (non-hydrogen) atoms. The number of hydrogen-bond acceptors (Lipinski definition) is 7. The Morgan fingerprint density at radius 1 is 1.11 bits per heavy atom. The Kier molecular flexibility index (Phi) is 6.67. The predicted molar refractivity (Wildman–Crippen MR) is 114 cm³/mol. The van der Waals surface area contributed by atoms with Crippen LogP contribution in [0.2, 0.25) is 5.28 Å². The van der Waals surface area contributed by atoms with Crippen molar-refractivity contribution in [1.82, 2.24) is 20.3 Å². The molecule has 0 amide bonds. The van der Waals surface area contributed by atoms with Crippen LogP contribution in [0.1, 0.15) is 60.3 Å². The van der Waals surface area contributed by atoms with Crippen molar-refractivity contribution in [1.29, 1.82) is 0 Å². The van der Waals surface area contributed by atoms with Gasteiger partial charge >= 0.3 is 0 Å². The van der Waals surface area contributed by atoms with Gasteiger partial charge < -0.3 is 19.9 Å². The van der Waals surface area contributed by atoms with Crippen LogP contribution in [0.3, 0.4) is 0 Å². The van der Waals surface area contributed by atoms with Gasteiger partial charge in [-0.15, -0.1) is 0 Å². The van der Waals surface area contributed by atoms with Crippen molar-refractivity contribution < 1.29 is 4.74 Å². The molecule has 0 unspecified atom stereocenters. The largest absolute Gasteiger partial charge is 0.378 e. The molecule has 3 heterocycles. The van der Waals surface area contributed by atoms with E-state index in [1.54, 1.807) is 0 Å². The van der Waals surface area contributed by atoms with E-state index in [0.29, 0.717) is 31.2 Å². The van der Waals surface area contributed by atoms with Gasteiger partial charge in [-0.05, 0) is 58.6 Å². The van der Waals surface area contributed by atoms with Crippen LogP contribution in [0.5, 0.6) is 0 Å². The lowest BCUT2D eigenvalue weighted by atomic mass is 9.79. The van der Waals surface area contributed by atoms with Gasteiger partial charge in [0.1, 0.15) is 0 Å². The second-order valence-corrected chi connectivity index (χ2v) is 9.64. The summed E-state index contributed by atoms with van der Waals surface area (Å²) in [6.45, 7) is 15.2. The molecule has 0 bridgehead atoms. The first kappa shape index (κ1) is 21.5. The highest BCUT2D eigenvalue weighted by atomic mass is 35.5. The molecule has 0 saturated carbocycles. The fourth-order valence-electron chi connectivity index (χ4n) is 4.63. The third kappa shape index (κ3) is 5.45. The molecule has 0 atom stereocenters. The van der Waals surface area contributed by atoms with Gasteiger partial charge in [-0.2, -0.15) is 15.0 Å². The lowest BCUT2D eigenvalue weighted by Gasteiger charge is -2.49. The fraction of sp³-hybridized carbons (Fsp3) is 0.850. The Morgan fingerprint density at radius 2 is 1.75 bits per heavy atom. The predicted octanol–water partition coefficient (Wildman–Crippen LogP) is 3.28. The quantitative estimate of drug-likeness (QED) is 0.771. The van der Waals surface area contributed by atoms with Crippen molar-refractivity contribution >= 4 is 23.5 Å². The molecule has 158 valence electrons. The van der Waals surface area contributed by atoms with Gasteiger partial charge in [0.05, 0.1) is 13.2 Å². The third-order valence-corrected chi connectivity index (χ3v) is 5.67. The maximum absolute atomic E-state index is 6.34. The Morgan fingerprint density at radius 3 is 2.36 bits per heavy atom. The number of rotatable bonds is 6. The summed E-state index contributed by atoms with van der Waals surface area (Å²) in [5.41, 5.74) is 0.113. The van der Waals surface area contributed by atoms with Crippen LogP contribution in [0.15, 0.2) is 0 Å². The van der Waals surface area contributed by atoms with Crippen molar-refractivity contribution in [2.24, 2.45) is 0 Å². The molecule has 2 fully saturated rings. The molecule has 2 saturated heterocycles. The average Bonchev–Trinajstić information content (AvgIpc) is 2.60. The summed E-state index contributed by atoms with van der Waals surface area (Å²) in [5, 5.41) is 4.04. The molecule has 0 aliphatic carbocycles. The van der Waals surface area contributed by atoms with E-state index in [1.807, 2.05) is 0 Å². The number of nitrogens with zero attached hydrogens (tertiary/aromatic N) is 5. The Hall–Kier alpha value is -1.18. The van der Waals surface area contributed by atoms with Crippen LogP contribution < -0.4 is 15.1 Å². The molecule has 7 nitrogen and oxygen atoms in total. The maximum atomic E-state index is 6.34. The molecular weight excluding hydrogens is 376 g/mol. The van der Waals surface area contributed by atoms with Crippen molar-refractivity contribution in [2.75, 3.05) is 42.6 Å². The van der Waals surface area contributed by atoms with Crippen molar-refractivity contribution in [3.8, 4) is 0 Å². The van der Waals surface area contributed by atoms with Crippen LogP contribution in [0.25, 0.3) is 0 Å². The number of nitrogens with one attached hydrogen (secondary N) is 1. The molecule has 1 aromatic heterocycles. The van der Waals surface area contributed by atoms with Gasteiger partial charge in [0.25, 0.3) is 0 Å². The Balaban J connectivity index is 1.91. The summed E-state index contributed by atoms with van der Waals surface area (Å²) in [5.74, 6) is 1.36. The van der Waals surface area contributed by atoms with E-state index >= 15 is 0 Å². The van der Waals surface area contributed by atoms with E-state index < -0.39 is 0 Å². The summed E-state index contributed by atoms with van der Waals surface area (Å²) in [6.07, 6.45) is 4.30. The van der Waals surface area contributed by atoms with Gasteiger partial charge in [-0.25, -0.2) is 0 Å². The molecule has 3 rings (SSSR count). The van der Waals surface area contributed by atoms with Gasteiger partial charge in [-0.1, -0.05) is 13.3 Å². The molecule has 2 aliphatic rings. The first-order valence-corrected chi connectivity index (χ1v) is 10.9. The highest BCUT2D eigenvalue weighted by Gasteiger charge is 2.40. The molecule has 0 radical (unpaired) electrons. The van der Waals surface area contributed by atoms with E-state index in [4.69, 9.17) is 21.3 Å². The van der Waals surface area contributed by atoms with Crippen LogP contribution in [0, 0.1) is 0 Å². The van der Waals surface area contributed by atoms with Crippen molar-refractivity contribution in [3.63, 3.8) is 0 Å². The van der Waals surface area contributed by atoms with Crippen LogP contribution >= 0.6 is 11.6 Å². The van der Waals surface area contributed by atoms with E-state index in [9.17, 15) is 0 Å². The minimum atomic E-state index is 0.0563. The second kappa shape index (κ2) is 8.67. The fourth-order valence-corrected chi connectivity index (χ4v) is 4.78. The lowest BCUT2D eigenvalue weighted by Crippen LogP contribution is -2.62. The summed E-state index contributed by atoms with van der Waals surface area (Å²) < 4.78 is 5.46. The third-order valence-electron chi connectivity index (χ3n) is 5.50. The Labute approximate surface area is 174 Å². The summed E-state index contributed by atoms with van der Waals surface area (Å²) in [6, 6.07) is 0.355. The van der Waals surface area contributed by atoms with Crippen LogP contribution in [-0.2, 0) is 4.74 Å². The second-order valence-electron chi connectivity index (χ2n) is 9.31. The Bertz CT molecular complexity index is 646. The zero-order chi connectivity index (χ0) is 20.4. The van der Waals surface area contributed by atoms with E-state index in [0.717, 1.165) is 45.3 Å². The molecule has 0 aromatic carbocycles. The number of morpholine rings is 1. The van der Waals surface area contributed by atoms with Crippen LogP contribution in [0.4, 0.5) is 11.9 Å². The number of unbranched alkanes of at least 4 members (excludes halogenated alkanes) is 1.